The van der Waals surface area contributed by atoms with Crippen LogP contribution >= 0.6 is 0 Å². The van der Waals surface area contributed by atoms with Crippen molar-refractivity contribution in [1.29, 1.82) is 0 Å². The normalized spacial score (nSPS) is 15.0. The van der Waals surface area contributed by atoms with Crippen LogP contribution in [0.25, 0.3) is 0 Å². The first-order valence-corrected chi connectivity index (χ1v) is 12.4. The Labute approximate surface area is 201 Å². The summed E-state index contributed by atoms with van der Waals surface area (Å²) in [7, 11) is 0.622. The second kappa shape index (κ2) is 10.0. The van der Waals surface area contributed by atoms with Gasteiger partial charge in [0, 0.05) is 55.6 Å². The molecule has 0 saturated heterocycles. The van der Waals surface area contributed by atoms with Crippen LogP contribution < -0.4 is 14.5 Å². The Kier molecular flexibility index (Phi) is 6.49. The van der Waals surface area contributed by atoms with E-state index in [1.165, 1.54) is 0 Å². The summed E-state index contributed by atoms with van der Waals surface area (Å²) in [6.07, 6.45) is 7.29. The largest absolute Gasteiger partial charge is 0.481 e. The third kappa shape index (κ3) is 4.63. The Morgan fingerprint density at radius 3 is 2.65 bits per heavy atom. The summed E-state index contributed by atoms with van der Waals surface area (Å²) in [5.74, 6) is 2.05. The molecule has 0 bridgehead atoms. The molecule has 4 aromatic rings. The van der Waals surface area contributed by atoms with Gasteiger partial charge in [-0.2, -0.15) is 0 Å². The van der Waals surface area contributed by atoms with Crippen LogP contribution in [0.15, 0.2) is 90.3 Å². The lowest BCUT2D eigenvalue weighted by molar-refractivity contribution is 0.397. The number of anilines is 3. The number of hydrogen-bond acceptors (Lipinski definition) is 7. The smallest absolute Gasteiger partial charge is 0.212 e. The summed E-state index contributed by atoms with van der Waals surface area (Å²) in [4.78, 5) is 18.7. The number of benzene rings is 1. The first kappa shape index (κ1) is 22.0. The Morgan fingerprint density at radius 1 is 0.971 bits per heavy atom. The molecule has 8 heteroatoms. The molecule has 172 valence electrons. The van der Waals surface area contributed by atoms with Crippen LogP contribution in [-0.2, 0) is 23.9 Å². The molecule has 0 spiro atoms. The molecule has 34 heavy (non-hydrogen) atoms. The van der Waals surface area contributed by atoms with E-state index in [1.807, 2.05) is 67.1 Å². The molecular weight excluding hydrogens is 446 g/mol. The van der Waals surface area contributed by atoms with Gasteiger partial charge in [0.1, 0.15) is 5.82 Å². The first-order valence-electron chi connectivity index (χ1n) is 11.1. The van der Waals surface area contributed by atoms with Gasteiger partial charge in [0.15, 0.2) is 0 Å². The zero-order valence-electron chi connectivity index (χ0n) is 18.9. The maximum Gasteiger partial charge on any atom is 0.212 e. The Hall–Kier alpha value is -3.78. The number of para-hydroxylation sites is 1. The van der Waals surface area contributed by atoms with Crippen molar-refractivity contribution in [2.24, 2.45) is 0 Å². The van der Waals surface area contributed by atoms with E-state index in [1.54, 1.807) is 13.3 Å². The fourth-order valence-corrected chi connectivity index (χ4v) is 5.33. The van der Waals surface area contributed by atoms with E-state index < -0.39 is 10.8 Å². The maximum absolute atomic E-state index is 12.6. The van der Waals surface area contributed by atoms with Crippen LogP contribution in [0.4, 0.5) is 17.2 Å². The van der Waals surface area contributed by atoms with E-state index in [0.29, 0.717) is 31.3 Å². The highest BCUT2D eigenvalue weighted by Gasteiger charge is 2.25. The van der Waals surface area contributed by atoms with Gasteiger partial charge >= 0.3 is 0 Å². The standard InChI is InChI=1S/C26H25N5O2S/c1-33-25-11-10-20(16-29-25)18-30(22-7-5-12-27-17-22)19-21-6-4-13-28-26(21)31-14-15-34(32)24-9-3-2-8-23(24)31/h2-13,16-17H,14-15,18-19H2,1H3. The summed E-state index contributed by atoms with van der Waals surface area (Å²) >= 11 is 0. The molecule has 1 aliphatic heterocycles. The van der Waals surface area contributed by atoms with E-state index in [4.69, 9.17) is 9.72 Å². The van der Waals surface area contributed by atoms with E-state index in [2.05, 4.69) is 31.9 Å². The van der Waals surface area contributed by atoms with Crippen molar-refractivity contribution in [1.82, 2.24) is 15.0 Å². The third-order valence-corrected chi connectivity index (χ3v) is 7.17. The van der Waals surface area contributed by atoms with Crippen molar-refractivity contribution in [2.75, 3.05) is 29.2 Å². The minimum Gasteiger partial charge on any atom is -0.481 e. The number of aromatic nitrogens is 3. The lowest BCUT2D eigenvalue weighted by Crippen LogP contribution is -2.31. The molecule has 5 rings (SSSR count). The Balaban J connectivity index is 1.49. The summed E-state index contributed by atoms with van der Waals surface area (Å²) in [5, 5.41) is 0. The molecule has 1 atom stereocenters. The van der Waals surface area contributed by atoms with Gasteiger partial charge in [-0.1, -0.05) is 24.3 Å². The van der Waals surface area contributed by atoms with Crippen molar-refractivity contribution in [3.05, 3.63) is 96.6 Å². The van der Waals surface area contributed by atoms with E-state index >= 15 is 0 Å². The van der Waals surface area contributed by atoms with Crippen LogP contribution in [0.5, 0.6) is 5.88 Å². The fraction of sp³-hybridized carbons (Fsp3) is 0.192. The molecule has 1 unspecified atom stereocenters. The number of rotatable bonds is 7. The van der Waals surface area contributed by atoms with Crippen LogP contribution in [0, 0.1) is 0 Å². The molecule has 4 heterocycles. The number of methoxy groups -OCH3 is 1. The van der Waals surface area contributed by atoms with Gasteiger partial charge < -0.3 is 14.5 Å². The van der Waals surface area contributed by atoms with Gasteiger partial charge in [-0.3, -0.25) is 9.19 Å². The highest BCUT2D eigenvalue weighted by Crippen LogP contribution is 2.35. The molecule has 7 nitrogen and oxygen atoms in total. The number of hydrogen-bond donors (Lipinski definition) is 0. The molecule has 0 fully saturated rings. The predicted molar refractivity (Wildman–Crippen MR) is 134 cm³/mol. The van der Waals surface area contributed by atoms with Crippen molar-refractivity contribution in [3.63, 3.8) is 0 Å². The van der Waals surface area contributed by atoms with Crippen molar-refractivity contribution >= 4 is 28.0 Å². The lowest BCUT2D eigenvalue weighted by Gasteiger charge is -2.32. The highest BCUT2D eigenvalue weighted by atomic mass is 32.2. The summed E-state index contributed by atoms with van der Waals surface area (Å²) in [5.41, 5.74) is 4.11. The summed E-state index contributed by atoms with van der Waals surface area (Å²) < 4.78 is 17.8. The molecular formula is C26H25N5O2S. The van der Waals surface area contributed by atoms with E-state index in [-0.39, 0.29) is 0 Å². The second-order valence-electron chi connectivity index (χ2n) is 7.93. The van der Waals surface area contributed by atoms with Crippen LogP contribution in [-0.4, -0.2) is 38.6 Å². The molecule has 0 aliphatic carbocycles. The zero-order chi connectivity index (χ0) is 23.3. The molecule has 0 N–H and O–H groups in total. The number of fused-ring (bicyclic) bond motifs is 1. The van der Waals surface area contributed by atoms with Gasteiger partial charge in [0.2, 0.25) is 5.88 Å². The van der Waals surface area contributed by atoms with Gasteiger partial charge in [-0.05, 0) is 35.9 Å². The quantitative estimate of drug-likeness (QED) is 0.397. The molecule has 1 aromatic carbocycles. The zero-order valence-corrected chi connectivity index (χ0v) is 19.7. The first-order chi connectivity index (χ1) is 16.7. The molecule has 0 amide bonds. The topological polar surface area (TPSA) is 71.5 Å². The average molecular weight is 472 g/mol. The van der Waals surface area contributed by atoms with Gasteiger partial charge in [-0.25, -0.2) is 9.97 Å². The molecule has 1 aliphatic rings. The fourth-order valence-electron chi connectivity index (χ4n) is 4.12. The van der Waals surface area contributed by atoms with Gasteiger partial charge in [-0.15, -0.1) is 0 Å². The van der Waals surface area contributed by atoms with Gasteiger partial charge in [0.05, 0.1) is 40.4 Å². The third-order valence-electron chi connectivity index (χ3n) is 5.78. The Bertz CT molecular complexity index is 1280. The minimum absolute atomic E-state index is 0.580. The highest BCUT2D eigenvalue weighted by molar-refractivity contribution is 7.85. The van der Waals surface area contributed by atoms with Crippen molar-refractivity contribution < 1.29 is 8.95 Å². The number of nitrogens with zero attached hydrogens (tertiary/aromatic N) is 5. The molecule has 0 saturated carbocycles. The molecule has 3 aromatic heterocycles. The maximum atomic E-state index is 12.6. The lowest BCUT2D eigenvalue weighted by atomic mass is 10.1. The second-order valence-corrected chi connectivity index (χ2v) is 9.47. The Morgan fingerprint density at radius 2 is 1.85 bits per heavy atom. The molecule has 0 radical (unpaired) electrons. The SMILES string of the molecule is COc1ccc(CN(Cc2cccnc2N2CCS(=O)c3ccccc32)c2cccnc2)cn1. The van der Waals surface area contributed by atoms with Crippen molar-refractivity contribution in [3.8, 4) is 5.88 Å². The monoisotopic (exact) mass is 471 g/mol. The summed E-state index contributed by atoms with van der Waals surface area (Å²) in [6.45, 7) is 1.93. The van der Waals surface area contributed by atoms with Crippen LogP contribution in [0.1, 0.15) is 11.1 Å². The minimum atomic E-state index is -0.991. The van der Waals surface area contributed by atoms with Gasteiger partial charge in [0.25, 0.3) is 0 Å². The number of ether oxygens (including phenoxy) is 1. The number of pyridine rings is 3. The van der Waals surface area contributed by atoms with Crippen LogP contribution in [0.2, 0.25) is 0 Å². The average Bonchev–Trinajstić information content (AvgIpc) is 2.90. The van der Waals surface area contributed by atoms with E-state index in [0.717, 1.165) is 33.2 Å². The summed E-state index contributed by atoms with van der Waals surface area (Å²) in [6, 6.07) is 19.8. The van der Waals surface area contributed by atoms with Crippen LogP contribution in [0.3, 0.4) is 0 Å². The van der Waals surface area contributed by atoms with E-state index in [9.17, 15) is 4.21 Å². The predicted octanol–water partition coefficient (Wildman–Crippen LogP) is 4.35. The van der Waals surface area contributed by atoms with Crippen molar-refractivity contribution in [2.45, 2.75) is 18.0 Å².